The summed E-state index contributed by atoms with van der Waals surface area (Å²) in [6.07, 6.45) is 3.94. The molecule has 0 bridgehead atoms. The molecule has 0 radical (unpaired) electrons. The van der Waals surface area contributed by atoms with Crippen molar-refractivity contribution in [2.75, 3.05) is 0 Å². The highest BCUT2D eigenvalue weighted by atomic mass is 35.5. The second-order valence-corrected chi connectivity index (χ2v) is 4.37. The summed E-state index contributed by atoms with van der Waals surface area (Å²) >= 11 is 6.12. The zero-order chi connectivity index (χ0) is 11.5. The van der Waals surface area contributed by atoms with Crippen LogP contribution >= 0.6 is 11.6 Å². The standard InChI is InChI=1S/C12H12ClNO2/c1-8-4-9(6-14-7-15)12(11(13)5-8)16-10-2-3-10/h4-5,10H,2-3,6H2,1H3. The Morgan fingerprint density at radius 2 is 2.31 bits per heavy atom. The fraction of sp³-hybridized carbons (Fsp3) is 0.417. The number of hydrogen-bond donors (Lipinski definition) is 0. The van der Waals surface area contributed by atoms with Crippen LogP contribution in [0.2, 0.25) is 5.02 Å². The molecule has 1 fully saturated rings. The minimum Gasteiger partial charge on any atom is -0.489 e. The molecule has 4 heteroatoms. The maximum atomic E-state index is 10.1. The average Bonchev–Trinajstić information content (AvgIpc) is 3.03. The molecule has 0 unspecified atom stereocenters. The fourth-order valence-corrected chi connectivity index (χ4v) is 1.86. The van der Waals surface area contributed by atoms with Gasteiger partial charge in [-0.3, -0.25) is 0 Å². The highest BCUT2D eigenvalue weighted by Crippen LogP contribution is 2.36. The lowest BCUT2D eigenvalue weighted by atomic mass is 10.1. The molecular weight excluding hydrogens is 226 g/mol. The van der Waals surface area contributed by atoms with E-state index >= 15 is 0 Å². The molecule has 3 nitrogen and oxygen atoms in total. The number of ether oxygens (including phenoxy) is 1. The van der Waals surface area contributed by atoms with Crippen molar-refractivity contribution in [3.63, 3.8) is 0 Å². The molecule has 0 aliphatic heterocycles. The third kappa shape index (κ3) is 2.63. The molecule has 16 heavy (non-hydrogen) atoms. The lowest BCUT2D eigenvalue weighted by Crippen LogP contribution is -2.01. The highest BCUT2D eigenvalue weighted by molar-refractivity contribution is 6.32. The minimum atomic E-state index is 0.271. The van der Waals surface area contributed by atoms with Crippen LogP contribution in [0.5, 0.6) is 5.75 Å². The Kier molecular flexibility index (Phi) is 3.28. The Bertz CT molecular complexity index is 449. The number of isocyanates is 1. The molecule has 0 N–H and O–H groups in total. The maximum absolute atomic E-state index is 10.1. The molecule has 0 amide bonds. The van der Waals surface area contributed by atoms with Crippen LogP contribution in [0, 0.1) is 6.92 Å². The third-order valence-corrected chi connectivity index (χ3v) is 2.67. The van der Waals surface area contributed by atoms with Gasteiger partial charge in [0.1, 0.15) is 5.75 Å². The van der Waals surface area contributed by atoms with Gasteiger partial charge in [0.2, 0.25) is 6.08 Å². The van der Waals surface area contributed by atoms with Gasteiger partial charge >= 0.3 is 0 Å². The quantitative estimate of drug-likeness (QED) is 0.596. The second kappa shape index (κ2) is 4.69. The molecule has 0 aromatic heterocycles. The summed E-state index contributed by atoms with van der Waals surface area (Å²) in [6.45, 7) is 2.22. The molecule has 0 saturated heterocycles. The smallest absolute Gasteiger partial charge is 0.235 e. The summed E-state index contributed by atoms with van der Waals surface area (Å²) in [7, 11) is 0. The van der Waals surface area contributed by atoms with E-state index in [1.165, 1.54) is 6.08 Å². The summed E-state index contributed by atoms with van der Waals surface area (Å²) in [5.41, 5.74) is 1.88. The van der Waals surface area contributed by atoms with Gasteiger partial charge in [-0.2, -0.15) is 0 Å². The van der Waals surface area contributed by atoms with Crippen molar-refractivity contribution < 1.29 is 9.53 Å². The van der Waals surface area contributed by atoms with E-state index < -0.39 is 0 Å². The molecule has 1 aliphatic carbocycles. The number of aryl methyl sites for hydroxylation is 1. The SMILES string of the molecule is Cc1cc(Cl)c(OC2CC2)c(CN=C=O)c1. The van der Waals surface area contributed by atoms with E-state index in [2.05, 4.69) is 4.99 Å². The molecule has 1 saturated carbocycles. The van der Waals surface area contributed by atoms with E-state index in [1.54, 1.807) is 0 Å². The van der Waals surface area contributed by atoms with E-state index in [-0.39, 0.29) is 12.6 Å². The average molecular weight is 238 g/mol. The number of halogens is 1. The molecule has 0 heterocycles. The van der Waals surface area contributed by atoms with Crippen LogP contribution in [0.4, 0.5) is 0 Å². The third-order valence-electron chi connectivity index (χ3n) is 2.39. The number of carbonyl (C=O) groups excluding carboxylic acids is 1. The molecular formula is C12H12ClNO2. The van der Waals surface area contributed by atoms with Crippen molar-refractivity contribution in [3.8, 4) is 5.75 Å². The van der Waals surface area contributed by atoms with Crippen molar-refractivity contribution in [3.05, 3.63) is 28.3 Å². The normalized spacial score (nSPS) is 14.4. The Morgan fingerprint density at radius 3 is 2.94 bits per heavy atom. The van der Waals surface area contributed by atoms with Crippen molar-refractivity contribution >= 4 is 17.7 Å². The second-order valence-electron chi connectivity index (χ2n) is 3.96. The molecule has 84 valence electrons. The Labute approximate surface area is 99.1 Å². The van der Waals surface area contributed by atoms with E-state index in [1.807, 2.05) is 19.1 Å². The van der Waals surface area contributed by atoms with Crippen molar-refractivity contribution in [1.82, 2.24) is 0 Å². The van der Waals surface area contributed by atoms with Gasteiger partial charge < -0.3 is 4.74 Å². The summed E-state index contributed by atoms with van der Waals surface area (Å²) in [6, 6.07) is 3.79. The summed E-state index contributed by atoms with van der Waals surface area (Å²) in [5, 5.41) is 0.586. The van der Waals surface area contributed by atoms with Gasteiger partial charge in [0.05, 0.1) is 17.7 Å². The summed E-state index contributed by atoms with van der Waals surface area (Å²) in [5.74, 6) is 0.661. The van der Waals surface area contributed by atoms with Crippen LogP contribution in [0.3, 0.4) is 0 Å². The van der Waals surface area contributed by atoms with Crippen LogP contribution in [0.1, 0.15) is 24.0 Å². The minimum absolute atomic E-state index is 0.271. The first-order valence-electron chi connectivity index (χ1n) is 5.20. The fourth-order valence-electron chi connectivity index (χ4n) is 1.52. The summed E-state index contributed by atoms with van der Waals surface area (Å²) < 4.78 is 5.72. The van der Waals surface area contributed by atoms with E-state index in [9.17, 15) is 4.79 Å². The molecule has 0 spiro atoms. The largest absolute Gasteiger partial charge is 0.489 e. The number of benzene rings is 1. The van der Waals surface area contributed by atoms with Crippen LogP contribution in [0.15, 0.2) is 17.1 Å². The van der Waals surface area contributed by atoms with E-state index in [0.717, 1.165) is 24.0 Å². The number of hydrogen-bond acceptors (Lipinski definition) is 3. The van der Waals surface area contributed by atoms with Crippen LogP contribution in [0.25, 0.3) is 0 Å². The number of nitrogens with zero attached hydrogens (tertiary/aromatic N) is 1. The Hall–Kier alpha value is -1.31. The van der Waals surface area contributed by atoms with E-state index in [0.29, 0.717) is 10.8 Å². The van der Waals surface area contributed by atoms with Gasteiger partial charge in [0.15, 0.2) is 0 Å². The highest BCUT2D eigenvalue weighted by Gasteiger charge is 2.25. The molecule has 2 rings (SSSR count). The first kappa shape index (κ1) is 11.2. The van der Waals surface area contributed by atoms with E-state index in [4.69, 9.17) is 16.3 Å². The van der Waals surface area contributed by atoms with Gasteiger partial charge in [0, 0.05) is 5.56 Å². The molecule has 1 aliphatic rings. The Balaban J connectivity index is 2.32. The van der Waals surface area contributed by atoms with Crippen molar-refractivity contribution in [2.45, 2.75) is 32.4 Å². The van der Waals surface area contributed by atoms with Gasteiger partial charge in [-0.05, 0) is 31.4 Å². The topological polar surface area (TPSA) is 38.7 Å². The predicted octanol–water partition coefficient (Wildman–Crippen LogP) is 3.03. The molecule has 0 atom stereocenters. The van der Waals surface area contributed by atoms with Crippen molar-refractivity contribution in [2.24, 2.45) is 4.99 Å². The van der Waals surface area contributed by atoms with Gasteiger partial charge in [-0.15, -0.1) is 0 Å². The Morgan fingerprint density at radius 1 is 1.56 bits per heavy atom. The first-order valence-corrected chi connectivity index (χ1v) is 5.58. The van der Waals surface area contributed by atoms with Crippen LogP contribution in [-0.2, 0) is 11.3 Å². The maximum Gasteiger partial charge on any atom is 0.235 e. The monoisotopic (exact) mass is 237 g/mol. The predicted molar refractivity (Wildman–Crippen MR) is 61.7 cm³/mol. The van der Waals surface area contributed by atoms with Crippen LogP contribution in [-0.4, -0.2) is 12.2 Å². The van der Waals surface area contributed by atoms with Gasteiger partial charge in [-0.1, -0.05) is 17.7 Å². The lowest BCUT2D eigenvalue weighted by Gasteiger charge is -2.12. The molecule has 1 aromatic rings. The van der Waals surface area contributed by atoms with Crippen LogP contribution < -0.4 is 4.74 Å². The van der Waals surface area contributed by atoms with Crippen molar-refractivity contribution in [1.29, 1.82) is 0 Å². The van der Waals surface area contributed by atoms with Gasteiger partial charge in [-0.25, -0.2) is 9.79 Å². The lowest BCUT2D eigenvalue weighted by molar-refractivity contribution is 0.300. The zero-order valence-electron chi connectivity index (χ0n) is 9.00. The van der Waals surface area contributed by atoms with Gasteiger partial charge in [0.25, 0.3) is 0 Å². The zero-order valence-corrected chi connectivity index (χ0v) is 9.75. The number of rotatable bonds is 4. The summed E-state index contributed by atoms with van der Waals surface area (Å²) in [4.78, 5) is 13.7. The first-order chi connectivity index (χ1) is 7.70. The number of aliphatic imine (C=N–C) groups is 1. The molecule has 1 aromatic carbocycles.